The Kier molecular flexibility index (Phi) is 5.78. The molecule has 3 rings (SSSR count). The lowest BCUT2D eigenvalue weighted by atomic mass is 9.78. The molecule has 2 heteroatoms. The van der Waals surface area contributed by atoms with E-state index in [1.807, 2.05) is 11.8 Å². The molecular weight excluding hydrogens is 324 g/mol. The van der Waals surface area contributed by atoms with Gasteiger partial charge in [0.1, 0.15) is 5.78 Å². The third-order valence-electron chi connectivity index (χ3n) is 6.64. The zero-order valence-electron chi connectivity index (χ0n) is 16.2. The molecule has 2 saturated carbocycles. The molecule has 1 aromatic carbocycles. The van der Waals surface area contributed by atoms with E-state index in [0.29, 0.717) is 23.5 Å². The molecule has 2 fully saturated rings. The Bertz CT molecular complexity index is 643. The van der Waals surface area contributed by atoms with E-state index in [2.05, 4.69) is 58.0 Å². The molecule has 0 bridgehead atoms. The Morgan fingerprint density at radius 3 is 2.52 bits per heavy atom. The molecule has 0 saturated heterocycles. The summed E-state index contributed by atoms with van der Waals surface area (Å²) in [4.78, 5) is 14.8. The molecule has 0 radical (unpaired) electrons. The summed E-state index contributed by atoms with van der Waals surface area (Å²) in [5, 5.41) is 0. The first-order chi connectivity index (χ1) is 12.0. The van der Waals surface area contributed by atoms with Gasteiger partial charge in [-0.15, -0.1) is 11.8 Å². The average Bonchev–Trinajstić information content (AvgIpc) is 2.84. The van der Waals surface area contributed by atoms with Gasteiger partial charge >= 0.3 is 0 Å². The van der Waals surface area contributed by atoms with Crippen LogP contribution in [0.4, 0.5) is 0 Å². The van der Waals surface area contributed by atoms with Crippen molar-refractivity contribution in [3.8, 4) is 0 Å². The number of ketones is 1. The van der Waals surface area contributed by atoms with Crippen LogP contribution in [-0.4, -0.2) is 10.5 Å². The number of rotatable bonds is 4. The van der Waals surface area contributed by atoms with Crippen molar-refractivity contribution in [2.75, 3.05) is 0 Å². The minimum Gasteiger partial charge on any atom is -0.298 e. The van der Waals surface area contributed by atoms with Crippen molar-refractivity contribution in [3.05, 3.63) is 41.5 Å². The second kappa shape index (κ2) is 7.70. The van der Waals surface area contributed by atoms with Crippen LogP contribution >= 0.6 is 11.8 Å². The summed E-state index contributed by atoms with van der Waals surface area (Å²) in [6.45, 7) is 9.06. The number of hydrogen-bond acceptors (Lipinski definition) is 2. The fraction of sp³-hybridized carbons (Fsp3) is 0.609. The molecule has 1 aromatic rings. The Morgan fingerprint density at radius 1 is 1.16 bits per heavy atom. The zero-order chi connectivity index (χ0) is 18.0. The monoisotopic (exact) mass is 356 g/mol. The van der Waals surface area contributed by atoms with Crippen molar-refractivity contribution in [2.45, 2.75) is 75.9 Å². The number of Topliss-reactive ketones (excluding diaryl/α,β-unsaturated/α-hetero) is 1. The second-order valence-electron chi connectivity index (χ2n) is 8.11. The molecule has 0 heterocycles. The first-order valence-electron chi connectivity index (χ1n) is 9.92. The maximum atomic E-state index is 13.5. The molecule has 0 aromatic heterocycles. The molecule has 1 nitrogen and oxygen atoms in total. The van der Waals surface area contributed by atoms with Crippen molar-refractivity contribution in [1.29, 1.82) is 0 Å². The summed E-state index contributed by atoms with van der Waals surface area (Å²) in [5.74, 6) is 2.08. The lowest BCUT2D eigenvalue weighted by Gasteiger charge is -2.38. The van der Waals surface area contributed by atoms with E-state index in [1.165, 1.54) is 35.3 Å². The van der Waals surface area contributed by atoms with E-state index in [-0.39, 0.29) is 4.75 Å². The van der Waals surface area contributed by atoms with Gasteiger partial charge in [0.05, 0.1) is 4.75 Å². The first-order valence-corrected chi connectivity index (χ1v) is 10.7. The molecule has 0 N–H and O–H groups in total. The minimum atomic E-state index is -0.214. The number of carbonyl (C=O) groups is 1. The smallest absolute Gasteiger partial charge is 0.149 e. The summed E-state index contributed by atoms with van der Waals surface area (Å²) in [6.07, 6.45) is 6.57. The molecule has 136 valence electrons. The van der Waals surface area contributed by atoms with Gasteiger partial charge < -0.3 is 0 Å². The number of carbonyl (C=O) groups excluding carboxylic acids is 1. The predicted molar refractivity (Wildman–Crippen MR) is 108 cm³/mol. The molecule has 2 aliphatic rings. The van der Waals surface area contributed by atoms with E-state index in [0.717, 1.165) is 19.3 Å². The summed E-state index contributed by atoms with van der Waals surface area (Å²) in [7, 11) is 0. The minimum absolute atomic E-state index is 0.214. The topological polar surface area (TPSA) is 17.1 Å². The van der Waals surface area contributed by atoms with Crippen LogP contribution in [0, 0.1) is 17.8 Å². The fourth-order valence-electron chi connectivity index (χ4n) is 5.22. The van der Waals surface area contributed by atoms with Crippen molar-refractivity contribution >= 4 is 17.5 Å². The predicted octanol–water partition coefficient (Wildman–Crippen LogP) is 6.68. The Balaban J connectivity index is 2.08. The van der Waals surface area contributed by atoms with Gasteiger partial charge in [0.2, 0.25) is 0 Å². The highest BCUT2D eigenvalue weighted by Crippen LogP contribution is 2.61. The van der Waals surface area contributed by atoms with Gasteiger partial charge in [0, 0.05) is 11.3 Å². The quantitative estimate of drug-likeness (QED) is 0.560. The van der Waals surface area contributed by atoms with Crippen LogP contribution in [0.5, 0.6) is 0 Å². The first kappa shape index (κ1) is 18.8. The molecule has 0 spiro atoms. The molecule has 0 amide bonds. The highest BCUT2D eigenvalue weighted by molar-refractivity contribution is 8.01. The van der Waals surface area contributed by atoms with Crippen molar-refractivity contribution in [1.82, 2.24) is 0 Å². The maximum absolute atomic E-state index is 13.5. The van der Waals surface area contributed by atoms with Gasteiger partial charge in [-0.3, -0.25) is 4.79 Å². The van der Waals surface area contributed by atoms with Crippen molar-refractivity contribution in [2.24, 2.45) is 17.8 Å². The van der Waals surface area contributed by atoms with Gasteiger partial charge in [-0.05, 0) is 69.9 Å². The van der Waals surface area contributed by atoms with Crippen LogP contribution in [0.1, 0.15) is 66.2 Å². The SMILES string of the molecule is CC[C@@H]1[C@@H](C(C)=C(C)C)C[C@H]2CCCCC(=O)[C@]21Sc1ccccc1. The van der Waals surface area contributed by atoms with E-state index < -0.39 is 0 Å². The van der Waals surface area contributed by atoms with Crippen LogP contribution in [0.25, 0.3) is 0 Å². The normalized spacial score (nSPS) is 32.2. The lowest BCUT2D eigenvalue weighted by Crippen LogP contribution is -2.44. The maximum Gasteiger partial charge on any atom is 0.149 e. The molecular formula is C23H32OS. The van der Waals surface area contributed by atoms with Crippen LogP contribution in [0.2, 0.25) is 0 Å². The average molecular weight is 357 g/mol. The standard InChI is InChI=1S/C23H32OS/c1-5-21-20(17(4)16(2)3)15-18-11-9-10-14-22(24)23(18,21)25-19-12-7-6-8-13-19/h6-8,12-13,18,20-21H,5,9-11,14-15H2,1-4H3/t18-,20-,21-,23+/m1/s1. The summed E-state index contributed by atoms with van der Waals surface area (Å²) >= 11 is 1.90. The number of fused-ring (bicyclic) bond motifs is 1. The molecule has 4 atom stereocenters. The Hall–Kier alpha value is -1.02. The highest BCUT2D eigenvalue weighted by Gasteiger charge is 2.59. The fourth-order valence-corrected chi connectivity index (χ4v) is 6.98. The third-order valence-corrected chi connectivity index (χ3v) is 8.35. The van der Waals surface area contributed by atoms with E-state index in [4.69, 9.17) is 0 Å². The molecule has 0 aliphatic heterocycles. The molecule has 0 unspecified atom stereocenters. The summed E-state index contributed by atoms with van der Waals surface area (Å²) in [6, 6.07) is 10.6. The van der Waals surface area contributed by atoms with Gasteiger partial charge in [-0.2, -0.15) is 0 Å². The third kappa shape index (κ3) is 3.35. The van der Waals surface area contributed by atoms with Gasteiger partial charge in [0.25, 0.3) is 0 Å². The van der Waals surface area contributed by atoms with Crippen molar-refractivity contribution in [3.63, 3.8) is 0 Å². The molecule has 25 heavy (non-hydrogen) atoms. The van der Waals surface area contributed by atoms with Crippen LogP contribution in [0.15, 0.2) is 46.4 Å². The lowest BCUT2D eigenvalue weighted by molar-refractivity contribution is -0.123. The number of hydrogen-bond donors (Lipinski definition) is 0. The van der Waals surface area contributed by atoms with Gasteiger partial charge in [-0.25, -0.2) is 0 Å². The largest absolute Gasteiger partial charge is 0.298 e. The molecule has 2 aliphatic carbocycles. The Labute approximate surface area is 157 Å². The van der Waals surface area contributed by atoms with E-state index in [9.17, 15) is 4.79 Å². The van der Waals surface area contributed by atoms with Crippen LogP contribution in [-0.2, 0) is 4.79 Å². The van der Waals surface area contributed by atoms with Crippen LogP contribution in [0.3, 0.4) is 0 Å². The van der Waals surface area contributed by atoms with Gasteiger partial charge in [0.15, 0.2) is 0 Å². The highest BCUT2D eigenvalue weighted by atomic mass is 32.2. The van der Waals surface area contributed by atoms with Crippen molar-refractivity contribution < 1.29 is 4.79 Å². The van der Waals surface area contributed by atoms with Crippen LogP contribution < -0.4 is 0 Å². The summed E-state index contributed by atoms with van der Waals surface area (Å²) in [5.41, 5.74) is 2.97. The van der Waals surface area contributed by atoms with Gasteiger partial charge in [-0.1, -0.05) is 49.1 Å². The Morgan fingerprint density at radius 2 is 1.88 bits per heavy atom. The van der Waals surface area contributed by atoms with E-state index in [1.54, 1.807) is 0 Å². The number of allylic oxidation sites excluding steroid dienone is 2. The number of benzene rings is 1. The second-order valence-corrected chi connectivity index (χ2v) is 9.47. The number of thioether (sulfide) groups is 1. The zero-order valence-corrected chi connectivity index (χ0v) is 17.0. The summed E-state index contributed by atoms with van der Waals surface area (Å²) < 4.78 is -0.214. The van der Waals surface area contributed by atoms with E-state index >= 15 is 0 Å².